The summed E-state index contributed by atoms with van der Waals surface area (Å²) in [6.45, 7) is 2.52. The molecule has 0 N–H and O–H groups in total. The number of amides is 3. The van der Waals surface area contributed by atoms with Gasteiger partial charge < -0.3 is 4.90 Å². The van der Waals surface area contributed by atoms with Gasteiger partial charge in [0.15, 0.2) is 0 Å². The third kappa shape index (κ3) is 3.42. The first-order chi connectivity index (χ1) is 12.0. The maximum absolute atomic E-state index is 12.6. The van der Waals surface area contributed by atoms with Gasteiger partial charge in [0.2, 0.25) is 5.91 Å². The number of likely N-dealkylation sites (N-methyl/N-ethyl adjacent to an activating group) is 1. The van der Waals surface area contributed by atoms with Gasteiger partial charge in [-0.3, -0.25) is 19.3 Å². The van der Waals surface area contributed by atoms with Crippen LogP contribution >= 0.6 is 11.6 Å². The van der Waals surface area contributed by atoms with Crippen LogP contribution in [0.4, 0.5) is 0 Å². The van der Waals surface area contributed by atoms with Gasteiger partial charge in [0.05, 0.1) is 11.1 Å². The van der Waals surface area contributed by atoms with E-state index in [2.05, 4.69) is 0 Å². The second kappa shape index (κ2) is 7.07. The van der Waals surface area contributed by atoms with Crippen LogP contribution < -0.4 is 0 Å². The molecule has 2 aromatic carbocycles. The zero-order chi connectivity index (χ0) is 18.0. The fraction of sp³-hybridized carbons (Fsp3) is 0.211. The van der Waals surface area contributed by atoms with Crippen molar-refractivity contribution in [2.75, 3.05) is 13.1 Å². The minimum Gasteiger partial charge on any atom is -0.337 e. The van der Waals surface area contributed by atoms with Crippen LogP contribution in [0.1, 0.15) is 33.2 Å². The molecule has 5 nitrogen and oxygen atoms in total. The van der Waals surface area contributed by atoms with Crippen LogP contribution in [0.15, 0.2) is 48.5 Å². The Balaban J connectivity index is 1.74. The van der Waals surface area contributed by atoms with Crippen LogP contribution in [-0.4, -0.2) is 40.6 Å². The normalized spacial score (nSPS) is 13.1. The molecule has 0 spiro atoms. The van der Waals surface area contributed by atoms with Crippen molar-refractivity contribution < 1.29 is 14.4 Å². The lowest BCUT2D eigenvalue weighted by molar-refractivity contribution is -0.131. The highest BCUT2D eigenvalue weighted by Gasteiger charge is 2.37. The highest BCUT2D eigenvalue weighted by molar-refractivity contribution is 6.32. The smallest absolute Gasteiger partial charge is 0.262 e. The Kier molecular flexibility index (Phi) is 4.86. The number of fused-ring (bicyclic) bond motifs is 1. The van der Waals surface area contributed by atoms with Crippen molar-refractivity contribution in [3.05, 3.63) is 70.2 Å². The van der Waals surface area contributed by atoms with Gasteiger partial charge in [0, 0.05) is 18.1 Å². The Morgan fingerprint density at radius 1 is 1.04 bits per heavy atom. The molecule has 1 heterocycles. The van der Waals surface area contributed by atoms with Gasteiger partial charge in [0.25, 0.3) is 11.8 Å². The number of halogens is 1. The van der Waals surface area contributed by atoms with Crippen LogP contribution in [0.25, 0.3) is 0 Å². The molecular weight excluding hydrogens is 340 g/mol. The monoisotopic (exact) mass is 356 g/mol. The number of benzene rings is 2. The van der Waals surface area contributed by atoms with Crippen LogP contribution in [0.3, 0.4) is 0 Å². The predicted molar refractivity (Wildman–Crippen MR) is 94.4 cm³/mol. The maximum Gasteiger partial charge on any atom is 0.262 e. The molecule has 1 aliphatic rings. The Hall–Kier alpha value is -2.66. The van der Waals surface area contributed by atoms with E-state index in [4.69, 9.17) is 11.6 Å². The van der Waals surface area contributed by atoms with Crippen LogP contribution in [0, 0.1) is 0 Å². The van der Waals surface area contributed by atoms with Gasteiger partial charge in [0.1, 0.15) is 6.54 Å². The number of hydrogen-bond acceptors (Lipinski definition) is 3. The SMILES string of the molecule is CCN(Cc1ccccc1)C(=O)CN1C(=O)c2ccc(Cl)cc2C1=O. The lowest BCUT2D eigenvalue weighted by Crippen LogP contribution is -2.42. The van der Waals surface area contributed by atoms with E-state index in [1.807, 2.05) is 37.3 Å². The molecule has 0 saturated carbocycles. The quantitative estimate of drug-likeness (QED) is 0.774. The molecule has 1 aliphatic heterocycles. The van der Waals surface area contributed by atoms with Crippen LogP contribution in [0.5, 0.6) is 0 Å². The van der Waals surface area contributed by atoms with E-state index >= 15 is 0 Å². The number of carbonyl (C=O) groups excluding carboxylic acids is 3. The van der Waals surface area contributed by atoms with Crippen LogP contribution in [-0.2, 0) is 11.3 Å². The average molecular weight is 357 g/mol. The van der Waals surface area contributed by atoms with Crippen molar-refractivity contribution in [1.82, 2.24) is 9.80 Å². The Bertz CT molecular complexity index is 836. The van der Waals surface area contributed by atoms with Gasteiger partial charge in [-0.1, -0.05) is 41.9 Å². The first-order valence-electron chi connectivity index (χ1n) is 7.98. The fourth-order valence-electron chi connectivity index (χ4n) is 2.82. The van der Waals surface area contributed by atoms with Crippen molar-refractivity contribution in [3.8, 4) is 0 Å². The molecule has 128 valence electrons. The summed E-state index contributed by atoms with van der Waals surface area (Å²) in [4.78, 5) is 40.1. The molecule has 0 bridgehead atoms. The molecule has 0 radical (unpaired) electrons. The van der Waals surface area contributed by atoms with Crippen molar-refractivity contribution in [2.45, 2.75) is 13.5 Å². The van der Waals surface area contributed by atoms with E-state index in [-0.39, 0.29) is 23.6 Å². The third-order valence-electron chi connectivity index (χ3n) is 4.18. The molecule has 25 heavy (non-hydrogen) atoms. The van der Waals surface area contributed by atoms with E-state index < -0.39 is 11.8 Å². The Morgan fingerprint density at radius 3 is 2.40 bits per heavy atom. The number of nitrogens with zero attached hydrogens (tertiary/aromatic N) is 2. The summed E-state index contributed by atoms with van der Waals surface area (Å²) in [5.74, 6) is -1.21. The zero-order valence-electron chi connectivity index (χ0n) is 13.7. The van der Waals surface area contributed by atoms with Crippen molar-refractivity contribution in [2.24, 2.45) is 0 Å². The second-order valence-corrected chi connectivity index (χ2v) is 6.22. The van der Waals surface area contributed by atoms with E-state index in [1.54, 1.807) is 11.0 Å². The molecule has 0 aromatic heterocycles. The number of hydrogen-bond donors (Lipinski definition) is 0. The maximum atomic E-state index is 12.6. The fourth-order valence-corrected chi connectivity index (χ4v) is 2.99. The molecule has 0 atom stereocenters. The summed E-state index contributed by atoms with van der Waals surface area (Å²) in [5, 5.41) is 0.382. The topological polar surface area (TPSA) is 57.7 Å². The lowest BCUT2D eigenvalue weighted by atomic mass is 10.1. The van der Waals surface area contributed by atoms with Gasteiger partial charge in [-0.15, -0.1) is 0 Å². The summed E-state index contributed by atoms with van der Waals surface area (Å²) in [7, 11) is 0. The van der Waals surface area contributed by atoms with Crippen LogP contribution in [0.2, 0.25) is 5.02 Å². The summed E-state index contributed by atoms with van der Waals surface area (Å²) in [6.07, 6.45) is 0. The summed E-state index contributed by atoms with van der Waals surface area (Å²) in [5.41, 5.74) is 1.52. The summed E-state index contributed by atoms with van der Waals surface area (Å²) < 4.78 is 0. The van der Waals surface area contributed by atoms with Crippen molar-refractivity contribution in [1.29, 1.82) is 0 Å². The lowest BCUT2D eigenvalue weighted by Gasteiger charge is -2.23. The summed E-state index contributed by atoms with van der Waals surface area (Å²) >= 11 is 5.90. The van der Waals surface area contributed by atoms with Gasteiger partial charge in [-0.2, -0.15) is 0 Å². The molecule has 0 unspecified atom stereocenters. The number of carbonyl (C=O) groups is 3. The van der Waals surface area contributed by atoms with Gasteiger partial charge >= 0.3 is 0 Å². The van der Waals surface area contributed by atoms with Crippen molar-refractivity contribution >= 4 is 29.3 Å². The molecule has 0 aliphatic carbocycles. The average Bonchev–Trinajstić information content (AvgIpc) is 2.85. The molecule has 2 aromatic rings. The highest BCUT2D eigenvalue weighted by atomic mass is 35.5. The largest absolute Gasteiger partial charge is 0.337 e. The summed E-state index contributed by atoms with van der Waals surface area (Å²) in [6, 6.07) is 14.1. The van der Waals surface area contributed by atoms with Gasteiger partial charge in [-0.25, -0.2) is 0 Å². The second-order valence-electron chi connectivity index (χ2n) is 5.78. The Morgan fingerprint density at radius 2 is 1.72 bits per heavy atom. The molecule has 3 amide bonds. The standard InChI is InChI=1S/C19H17ClN2O3/c1-2-21(11-13-6-4-3-5-7-13)17(23)12-22-18(24)15-9-8-14(20)10-16(15)19(22)25/h3-10H,2,11-12H2,1H3. The minimum absolute atomic E-state index is 0.247. The Labute approximate surface area is 150 Å². The van der Waals surface area contributed by atoms with E-state index in [0.29, 0.717) is 18.1 Å². The molecule has 6 heteroatoms. The third-order valence-corrected chi connectivity index (χ3v) is 4.41. The molecule has 3 rings (SSSR count). The minimum atomic E-state index is -0.480. The van der Waals surface area contributed by atoms with Crippen molar-refractivity contribution in [3.63, 3.8) is 0 Å². The molecule has 0 saturated heterocycles. The molecule has 0 fully saturated rings. The van der Waals surface area contributed by atoms with E-state index in [0.717, 1.165) is 10.5 Å². The number of imide groups is 1. The predicted octanol–water partition coefficient (Wildman–Crippen LogP) is 2.98. The first kappa shape index (κ1) is 17.2. The van der Waals surface area contributed by atoms with Gasteiger partial charge in [-0.05, 0) is 30.7 Å². The molecular formula is C19H17ClN2O3. The highest BCUT2D eigenvalue weighted by Crippen LogP contribution is 2.25. The van der Waals surface area contributed by atoms with E-state index in [9.17, 15) is 14.4 Å². The van der Waals surface area contributed by atoms with E-state index in [1.165, 1.54) is 12.1 Å². The number of rotatable bonds is 5. The first-order valence-corrected chi connectivity index (χ1v) is 8.36. The zero-order valence-corrected chi connectivity index (χ0v) is 14.5.